The maximum Gasteiger partial charge on any atom is 0.153 e. The molecule has 0 bridgehead atoms. The molecule has 0 aliphatic rings. The lowest BCUT2D eigenvalue weighted by atomic mass is 9.86. The van der Waals surface area contributed by atoms with Gasteiger partial charge >= 0.3 is 0 Å². The molecule has 2 rings (SSSR count). The second-order valence-corrected chi connectivity index (χ2v) is 7.07. The van der Waals surface area contributed by atoms with E-state index in [1.807, 2.05) is 25.1 Å². The van der Waals surface area contributed by atoms with E-state index in [0.717, 1.165) is 27.6 Å². The van der Waals surface area contributed by atoms with Gasteiger partial charge in [0.25, 0.3) is 0 Å². The van der Waals surface area contributed by atoms with Crippen LogP contribution in [-0.4, -0.2) is 6.29 Å². The molecule has 0 saturated heterocycles. The highest BCUT2D eigenvalue weighted by atomic mass is 79.9. The van der Waals surface area contributed by atoms with Crippen molar-refractivity contribution in [3.8, 4) is 11.5 Å². The average molecular weight is 347 g/mol. The van der Waals surface area contributed by atoms with Crippen LogP contribution in [0.5, 0.6) is 11.5 Å². The van der Waals surface area contributed by atoms with Gasteiger partial charge in [-0.1, -0.05) is 48.8 Å². The van der Waals surface area contributed by atoms with Crippen molar-refractivity contribution in [2.45, 2.75) is 33.1 Å². The Labute approximate surface area is 134 Å². The lowest BCUT2D eigenvalue weighted by Crippen LogP contribution is -2.12. The largest absolute Gasteiger partial charge is 0.456 e. The summed E-state index contributed by atoms with van der Waals surface area (Å²) < 4.78 is 6.94. The number of carbonyl (C=O) groups excluding carboxylic acids is 1. The number of aldehydes is 1. The molecule has 0 fully saturated rings. The first-order valence-electron chi connectivity index (χ1n) is 6.85. The SMILES string of the molecule is Cc1ccc(C(C)(C)C)c(Oc2cc(Br)ccc2C=O)c1. The van der Waals surface area contributed by atoms with Crippen molar-refractivity contribution >= 4 is 22.2 Å². The van der Waals surface area contributed by atoms with E-state index in [9.17, 15) is 4.79 Å². The summed E-state index contributed by atoms with van der Waals surface area (Å²) in [6, 6.07) is 11.6. The fourth-order valence-corrected chi connectivity index (χ4v) is 2.49. The molecule has 0 aliphatic carbocycles. The first kappa shape index (κ1) is 15.8. The molecule has 2 nitrogen and oxygen atoms in total. The molecule has 0 heterocycles. The normalized spacial score (nSPS) is 11.3. The van der Waals surface area contributed by atoms with E-state index >= 15 is 0 Å². The van der Waals surface area contributed by atoms with Gasteiger partial charge in [0.05, 0.1) is 5.56 Å². The molecule has 0 amide bonds. The number of hydrogen-bond acceptors (Lipinski definition) is 2. The summed E-state index contributed by atoms with van der Waals surface area (Å²) in [5.41, 5.74) is 2.75. The summed E-state index contributed by atoms with van der Waals surface area (Å²) >= 11 is 3.42. The highest BCUT2D eigenvalue weighted by Gasteiger charge is 2.20. The van der Waals surface area contributed by atoms with Crippen LogP contribution in [-0.2, 0) is 5.41 Å². The number of aryl methyl sites for hydroxylation is 1. The van der Waals surface area contributed by atoms with Gasteiger partial charge in [0.15, 0.2) is 6.29 Å². The summed E-state index contributed by atoms with van der Waals surface area (Å²) in [7, 11) is 0. The fraction of sp³-hybridized carbons (Fsp3) is 0.278. The van der Waals surface area contributed by atoms with Gasteiger partial charge in [-0.15, -0.1) is 0 Å². The number of rotatable bonds is 3. The lowest BCUT2D eigenvalue weighted by molar-refractivity contribution is 0.112. The van der Waals surface area contributed by atoms with E-state index in [1.165, 1.54) is 0 Å². The molecule has 110 valence electrons. The Morgan fingerprint density at radius 1 is 1.05 bits per heavy atom. The van der Waals surface area contributed by atoms with Crippen LogP contribution in [0, 0.1) is 6.92 Å². The Morgan fingerprint density at radius 2 is 1.76 bits per heavy atom. The van der Waals surface area contributed by atoms with Gasteiger partial charge < -0.3 is 4.74 Å². The van der Waals surface area contributed by atoms with Gasteiger partial charge in [0.1, 0.15) is 11.5 Å². The zero-order valence-electron chi connectivity index (χ0n) is 12.7. The van der Waals surface area contributed by atoms with Crippen molar-refractivity contribution in [3.05, 3.63) is 57.6 Å². The molecule has 2 aromatic carbocycles. The van der Waals surface area contributed by atoms with Gasteiger partial charge in [-0.25, -0.2) is 0 Å². The Hall–Kier alpha value is -1.61. The van der Waals surface area contributed by atoms with Crippen molar-refractivity contribution in [1.82, 2.24) is 0 Å². The number of benzene rings is 2. The first-order valence-corrected chi connectivity index (χ1v) is 7.64. The second kappa shape index (κ2) is 6.02. The van der Waals surface area contributed by atoms with Crippen LogP contribution in [0.2, 0.25) is 0 Å². The number of hydrogen-bond donors (Lipinski definition) is 0. The van der Waals surface area contributed by atoms with E-state index in [0.29, 0.717) is 11.3 Å². The van der Waals surface area contributed by atoms with Crippen molar-refractivity contribution in [3.63, 3.8) is 0 Å². The monoisotopic (exact) mass is 346 g/mol. The first-order chi connectivity index (χ1) is 9.81. The third kappa shape index (κ3) is 3.73. The Bertz CT molecular complexity index is 669. The molecule has 21 heavy (non-hydrogen) atoms. The maximum absolute atomic E-state index is 11.2. The van der Waals surface area contributed by atoms with Crippen molar-refractivity contribution in [2.75, 3.05) is 0 Å². The molecular weight excluding hydrogens is 328 g/mol. The van der Waals surface area contributed by atoms with Gasteiger partial charge in [-0.2, -0.15) is 0 Å². The van der Waals surface area contributed by atoms with E-state index < -0.39 is 0 Å². The molecule has 0 aliphatic heterocycles. The quantitative estimate of drug-likeness (QED) is 0.670. The molecule has 0 spiro atoms. The van der Waals surface area contributed by atoms with Crippen LogP contribution in [0.15, 0.2) is 40.9 Å². The average Bonchev–Trinajstić information content (AvgIpc) is 2.37. The zero-order valence-corrected chi connectivity index (χ0v) is 14.3. The minimum atomic E-state index is -0.0314. The van der Waals surface area contributed by atoms with Gasteiger partial charge in [0.2, 0.25) is 0 Å². The zero-order chi connectivity index (χ0) is 15.6. The molecule has 0 saturated carbocycles. The summed E-state index contributed by atoms with van der Waals surface area (Å²) in [6.07, 6.45) is 0.814. The Morgan fingerprint density at radius 3 is 2.38 bits per heavy atom. The number of halogens is 1. The smallest absolute Gasteiger partial charge is 0.153 e. The molecule has 0 radical (unpaired) electrons. The van der Waals surface area contributed by atoms with Crippen LogP contribution >= 0.6 is 15.9 Å². The topological polar surface area (TPSA) is 26.3 Å². The highest BCUT2D eigenvalue weighted by Crippen LogP contribution is 2.36. The summed E-state index contributed by atoms with van der Waals surface area (Å²) in [5, 5.41) is 0. The van der Waals surface area contributed by atoms with Crippen molar-refractivity contribution in [2.24, 2.45) is 0 Å². The fourth-order valence-electron chi connectivity index (χ4n) is 2.15. The molecule has 0 unspecified atom stereocenters. The van der Waals surface area contributed by atoms with Crippen LogP contribution in [0.1, 0.15) is 42.3 Å². The number of ether oxygens (including phenoxy) is 1. The lowest BCUT2D eigenvalue weighted by Gasteiger charge is -2.23. The summed E-state index contributed by atoms with van der Waals surface area (Å²) in [6.45, 7) is 8.46. The van der Waals surface area contributed by atoms with Gasteiger partial charge in [-0.3, -0.25) is 4.79 Å². The minimum Gasteiger partial charge on any atom is -0.456 e. The van der Waals surface area contributed by atoms with Crippen LogP contribution in [0.3, 0.4) is 0 Å². The standard InChI is InChI=1S/C18H19BrO2/c1-12-5-8-15(18(2,3)4)17(9-12)21-16-10-14(19)7-6-13(16)11-20/h5-11H,1-4H3. The van der Waals surface area contributed by atoms with Crippen LogP contribution in [0.4, 0.5) is 0 Å². The number of carbonyl (C=O) groups is 1. The van der Waals surface area contributed by atoms with E-state index in [-0.39, 0.29) is 5.41 Å². The Kier molecular flexibility index (Phi) is 4.52. The van der Waals surface area contributed by atoms with Crippen molar-refractivity contribution in [1.29, 1.82) is 0 Å². The maximum atomic E-state index is 11.2. The molecule has 3 heteroatoms. The van der Waals surface area contributed by atoms with E-state index in [1.54, 1.807) is 6.07 Å². The molecule has 0 aromatic heterocycles. The second-order valence-electron chi connectivity index (χ2n) is 6.15. The van der Waals surface area contributed by atoms with Crippen molar-refractivity contribution < 1.29 is 9.53 Å². The van der Waals surface area contributed by atoms with E-state index in [4.69, 9.17) is 4.74 Å². The van der Waals surface area contributed by atoms with Crippen LogP contribution < -0.4 is 4.74 Å². The van der Waals surface area contributed by atoms with Gasteiger partial charge in [-0.05, 0) is 42.2 Å². The predicted octanol–water partition coefficient (Wildman–Crippen LogP) is 5.66. The third-order valence-corrected chi connectivity index (χ3v) is 3.76. The van der Waals surface area contributed by atoms with Gasteiger partial charge in [0, 0.05) is 10.0 Å². The third-order valence-electron chi connectivity index (χ3n) is 3.27. The molecule has 0 N–H and O–H groups in total. The minimum absolute atomic E-state index is 0.0314. The molecule has 0 atom stereocenters. The Balaban J connectivity index is 2.51. The highest BCUT2D eigenvalue weighted by molar-refractivity contribution is 9.10. The molecule has 2 aromatic rings. The molecular formula is C18H19BrO2. The summed E-state index contributed by atoms with van der Waals surface area (Å²) in [5.74, 6) is 1.36. The summed E-state index contributed by atoms with van der Waals surface area (Å²) in [4.78, 5) is 11.2. The van der Waals surface area contributed by atoms with E-state index in [2.05, 4.69) is 48.8 Å². The predicted molar refractivity (Wildman–Crippen MR) is 89.5 cm³/mol. The van der Waals surface area contributed by atoms with Crippen LogP contribution in [0.25, 0.3) is 0 Å².